The highest BCUT2D eigenvalue weighted by Crippen LogP contribution is 2.29. The van der Waals surface area contributed by atoms with E-state index in [1.165, 1.54) is 0 Å². The van der Waals surface area contributed by atoms with E-state index < -0.39 is 0 Å². The number of para-hydroxylation sites is 1. The van der Waals surface area contributed by atoms with Gasteiger partial charge in [0.15, 0.2) is 0 Å². The van der Waals surface area contributed by atoms with Crippen LogP contribution in [-0.2, 0) is 4.79 Å². The van der Waals surface area contributed by atoms with E-state index in [0.717, 1.165) is 55.6 Å². The topological polar surface area (TPSA) is 45.5 Å². The molecule has 1 fully saturated rings. The molecule has 1 aliphatic heterocycles. The zero-order chi connectivity index (χ0) is 16.2. The monoisotopic (exact) mass is 350 g/mol. The van der Waals surface area contributed by atoms with E-state index in [1.807, 2.05) is 29.2 Å². The van der Waals surface area contributed by atoms with Crippen molar-refractivity contribution in [1.82, 2.24) is 10.2 Å². The minimum absolute atomic E-state index is 0. The Morgan fingerprint density at radius 3 is 2.88 bits per heavy atom. The van der Waals surface area contributed by atoms with Crippen molar-refractivity contribution in [2.75, 3.05) is 19.6 Å². The minimum Gasteiger partial charge on any atom is -0.459 e. The lowest BCUT2D eigenvalue weighted by atomic mass is 9.97. The third-order valence-corrected chi connectivity index (χ3v) is 4.72. The summed E-state index contributed by atoms with van der Waals surface area (Å²) in [5.41, 5.74) is 0.887. The molecular weight excluding hydrogens is 324 g/mol. The summed E-state index contributed by atoms with van der Waals surface area (Å²) in [5.74, 6) is 1.23. The number of amides is 1. The van der Waals surface area contributed by atoms with Gasteiger partial charge in [-0.25, -0.2) is 0 Å². The molecule has 1 amide bonds. The maximum atomic E-state index is 13.0. The van der Waals surface area contributed by atoms with Gasteiger partial charge in [-0.2, -0.15) is 0 Å². The van der Waals surface area contributed by atoms with Gasteiger partial charge in [0.25, 0.3) is 0 Å². The molecule has 0 spiro atoms. The van der Waals surface area contributed by atoms with E-state index in [9.17, 15) is 4.79 Å². The first-order valence-corrected chi connectivity index (χ1v) is 8.70. The normalized spacial score (nSPS) is 18.8. The third-order valence-electron chi connectivity index (χ3n) is 4.72. The van der Waals surface area contributed by atoms with Gasteiger partial charge in [-0.3, -0.25) is 4.79 Å². The molecule has 1 aromatic carbocycles. The van der Waals surface area contributed by atoms with E-state index in [4.69, 9.17) is 4.42 Å². The minimum atomic E-state index is -0.0308. The number of hydrogen-bond donors (Lipinski definition) is 1. The predicted molar refractivity (Wildman–Crippen MR) is 99.5 cm³/mol. The van der Waals surface area contributed by atoms with Crippen LogP contribution in [0.25, 0.3) is 11.0 Å². The first-order valence-electron chi connectivity index (χ1n) is 8.70. The van der Waals surface area contributed by atoms with Gasteiger partial charge >= 0.3 is 0 Å². The average Bonchev–Trinajstić information content (AvgIpc) is 3.03. The van der Waals surface area contributed by atoms with Crippen molar-refractivity contribution in [1.29, 1.82) is 0 Å². The Hall–Kier alpha value is -1.52. The Labute approximate surface area is 150 Å². The molecule has 5 heteroatoms. The number of fused-ring (bicyclic) bond motifs is 1. The number of carbonyl (C=O) groups excluding carboxylic acids is 1. The second-order valence-electron chi connectivity index (χ2n) is 6.44. The van der Waals surface area contributed by atoms with E-state index in [1.54, 1.807) is 0 Å². The number of hydrogen-bond acceptors (Lipinski definition) is 3. The van der Waals surface area contributed by atoms with Gasteiger partial charge in [-0.1, -0.05) is 25.1 Å². The summed E-state index contributed by atoms with van der Waals surface area (Å²) in [6, 6.07) is 10.0. The molecule has 3 rings (SSSR count). The zero-order valence-electron chi connectivity index (χ0n) is 14.5. The van der Waals surface area contributed by atoms with Crippen molar-refractivity contribution in [2.24, 2.45) is 5.92 Å². The fourth-order valence-corrected chi connectivity index (χ4v) is 3.39. The van der Waals surface area contributed by atoms with Crippen molar-refractivity contribution >= 4 is 29.3 Å². The van der Waals surface area contributed by atoms with E-state index in [-0.39, 0.29) is 30.3 Å². The number of rotatable bonds is 5. The SMILES string of the molecule is CCCN(C(=O)C1CCCNC1)C(C)c1cc2ccccc2o1.Cl. The fourth-order valence-electron chi connectivity index (χ4n) is 3.39. The van der Waals surface area contributed by atoms with Crippen molar-refractivity contribution < 1.29 is 9.21 Å². The van der Waals surface area contributed by atoms with E-state index in [0.29, 0.717) is 0 Å². The molecule has 1 aromatic heterocycles. The largest absolute Gasteiger partial charge is 0.459 e. The van der Waals surface area contributed by atoms with Crippen molar-refractivity contribution in [2.45, 2.75) is 39.2 Å². The first kappa shape index (κ1) is 18.8. The molecular formula is C19H27ClN2O2. The Bertz CT molecular complexity index is 631. The van der Waals surface area contributed by atoms with Crippen LogP contribution in [0.4, 0.5) is 0 Å². The lowest BCUT2D eigenvalue weighted by Gasteiger charge is -2.33. The number of benzene rings is 1. The molecule has 2 aromatic rings. The highest BCUT2D eigenvalue weighted by molar-refractivity contribution is 5.85. The molecule has 2 unspecified atom stereocenters. The summed E-state index contributed by atoms with van der Waals surface area (Å²) in [6.07, 6.45) is 3.02. The maximum Gasteiger partial charge on any atom is 0.227 e. The van der Waals surface area contributed by atoms with Crippen LogP contribution in [0.15, 0.2) is 34.7 Å². The molecule has 24 heavy (non-hydrogen) atoms. The predicted octanol–water partition coefficient (Wildman–Crippen LogP) is 4.15. The van der Waals surface area contributed by atoms with Crippen molar-refractivity contribution in [3.8, 4) is 0 Å². The molecule has 0 bridgehead atoms. The fraction of sp³-hybridized carbons (Fsp3) is 0.526. The summed E-state index contributed by atoms with van der Waals surface area (Å²) < 4.78 is 5.99. The summed E-state index contributed by atoms with van der Waals surface area (Å²) >= 11 is 0. The van der Waals surface area contributed by atoms with Gasteiger partial charge in [-0.05, 0) is 44.9 Å². The third kappa shape index (κ3) is 3.93. The lowest BCUT2D eigenvalue weighted by Crippen LogP contribution is -2.44. The molecule has 2 heterocycles. The van der Waals surface area contributed by atoms with Crippen LogP contribution in [0.1, 0.15) is 44.9 Å². The van der Waals surface area contributed by atoms with E-state index >= 15 is 0 Å². The summed E-state index contributed by atoms with van der Waals surface area (Å²) in [6.45, 7) is 6.78. The Kier molecular flexibility index (Phi) is 6.69. The zero-order valence-corrected chi connectivity index (χ0v) is 15.3. The van der Waals surface area contributed by atoms with Gasteiger partial charge in [0.05, 0.1) is 12.0 Å². The van der Waals surface area contributed by atoms with Crippen LogP contribution < -0.4 is 5.32 Å². The maximum absolute atomic E-state index is 13.0. The highest BCUT2D eigenvalue weighted by atomic mass is 35.5. The van der Waals surface area contributed by atoms with Crippen LogP contribution >= 0.6 is 12.4 Å². The second kappa shape index (κ2) is 8.54. The summed E-state index contributed by atoms with van der Waals surface area (Å²) in [7, 11) is 0. The molecule has 0 aliphatic carbocycles. The van der Waals surface area contributed by atoms with Gasteiger partial charge < -0.3 is 14.6 Å². The van der Waals surface area contributed by atoms with Crippen LogP contribution in [-0.4, -0.2) is 30.4 Å². The van der Waals surface area contributed by atoms with Gasteiger partial charge in [0, 0.05) is 18.5 Å². The van der Waals surface area contributed by atoms with Crippen LogP contribution in [0.3, 0.4) is 0 Å². The second-order valence-corrected chi connectivity index (χ2v) is 6.44. The quantitative estimate of drug-likeness (QED) is 0.880. The average molecular weight is 351 g/mol. The Morgan fingerprint density at radius 1 is 1.42 bits per heavy atom. The molecule has 0 saturated carbocycles. The highest BCUT2D eigenvalue weighted by Gasteiger charge is 2.30. The molecule has 2 atom stereocenters. The van der Waals surface area contributed by atoms with E-state index in [2.05, 4.69) is 25.2 Å². The number of carbonyl (C=O) groups is 1. The smallest absolute Gasteiger partial charge is 0.227 e. The van der Waals surface area contributed by atoms with Gasteiger partial charge in [0.1, 0.15) is 11.3 Å². The lowest BCUT2D eigenvalue weighted by molar-refractivity contribution is -0.138. The Balaban J connectivity index is 0.00000208. The molecule has 0 radical (unpaired) electrons. The number of halogens is 1. The van der Waals surface area contributed by atoms with Crippen LogP contribution in [0.2, 0.25) is 0 Å². The summed E-state index contributed by atoms with van der Waals surface area (Å²) in [4.78, 5) is 15.0. The van der Waals surface area contributed by atoms with Gasteiger partial charge in [-0.15, -0.1) is 12.4 Å². The standard InChI is InChI=1S/C19H26N2O2.ClH/c1-3-11-21(19(22)16-8-6-10-20-13-16)14(2)18-12-15-7-4-5-9-17(15)23-18;/h4-5,7,9,12,14,16,20H,3,6,8,10-11,13H2,1-2H3;1H. The first-order chi connectivity index (χ1) is 11.2. The summed E-state index contributed by atoms with van der Waals surface area (Å²) in [5, 5.41) is 4.44. The van der Waals surface area contributed by atoms with Crippen molar-refractivity contribution in [3.63, 3.8) is 0 Å². The van der Waals surface area contributed by atoms with Gasteiger partial charge in [0.2, 0.25) is 5.91 Å². The number of nitrogens with zero attached hydrogens (tertiary/aromatic N) is 1. The van der Waals surface area contributed by atoms with Crippen LogP contribution in [0.5, 0.6) is 0 Å². The van der Waals surface area contributed by atoms with Crippen LogP contribution in [0, 0.1) is 5.92 Å². The molecule has 4 nitrogen and oxygen atoms in total. The molecule has 132 valence electrons. The molecule has 1 aliphatic rings. The number of piperidine rings is 1. The number of nitrogens with one attached hydrogen (secondary N) is 1. The Morgan fingerprint density at radius 2 is 2.21 bits per heavy atom. The van der Waals surface area contributed by atoms with Crippen molar-refractivity contribution in [3.05, 3.63) is 36.1 Å². The number of furan rings is 1. The molecule has 1 saturated heterocycles. The molecule has 1 N–H and O–H groups in total.